The Morgan fingerprint density at radius 2 is 2.18 bits per heavy atom. The average Bonchev–Trinajstić information content (AvgIpc) is 2.54. The number of thioether (sulfide) groups is 1. The molecule has 0 bridgehead atoms. The maximum absolute atomic E-state index is 12.8. The molecule has 98 valence electrons. The van der Waals surface area contributed by atoms with E-state index in [2.05, 4.69) is 10.2 Å². The molecule has 2 unspecified atom stereocenters. The number of aromatic amines is 1. The molecule has 5 nitrogen and oxygen atoms in total. The third kappa shape index (κ3) is 3.25. The molecule has 1 aromatic rings. The average molecular weight is 270 g/mol. The lowest BCUT2D eigenvalue weighted by atomic mass is 10.1. The number of hydrogen-bond donors (Lipinski definition) is 2. The van der Waals surface area contributed by atoms with Crippen molar-refractivity contribution in [2.75, 3.05) is 0 Å². The maximum Gasteiger partial charge on any atom is 0.402 e. The summed E-state index contributed by atoms with van der Waals surface area (Å²) < 4.78 is 39.3. The standard InChI is InChI=1S/C8H13F3N4OS/c1-3-4(12)5(8(9,10)11)17-7-14-13-6(16)15(7)2/h4-5H,3,12H2,1-2H3,(H,13,16). The van der Waals surface area contributed by atoms with E-state index in [-0.39, 0.29) is 11.6 Å². The van der Waals surface area contributed by atoms with Crippen LogP contribution in [0.2, 0.25) is 0 Å². The Morgan fingerprint density at radius 3 is 2.53 bits per heavy atom. The smallest absolute Gasteiger partial charge is 0.326 e. The summed E-state index contributed by atoms with van der Waals surface area (Å²) in [7, 11) is 1.35. The highest BCUT2D eigenvalue weighted by molar-refractivity contribution is 7.99. The lowest BCUT2D eigenvalue weighted by Crippen LogP contribution is -2.42. The first-order valence-electron chi connectivity index (χ1n) is 4.87. The molecule has 17 heavy (non-hydrogen) atoms. The van der Waals surface area contributed by atoms with Gasteiger partial charge in [0.05, 0.1) is 0 Å². The second-order valence-corrected chi connectivity index (χ2v) is 4.63. The minimum Gasteiger partial charge on any atom is -0.326 e. The number of aromatic nitrogens is 3. The van der Waals surface area contributed by atoms with Crippen molar-refractivity contribution in [3.63, 3.8) is 0 Å². The molecule has 0 spiro atoms. The van der Waals surface area contributed by atoms with E-state index in [1.807, 2.05) is 0 Å². The molecule has 1 rings (SSSR count). The number of hydrogen-bond acceptors (Lipinski definition) is 4. The van der Waals surface area contributed by atoms with Gasteiger partial charge in [-0.2, -0.15) is 13.2 Å². The van der Waals surface area contributed by atoms with E-state index in [9.17, 15) is 18.0 Å². The molecule has 2 atom stereocenters. The number of H-pyrrole nitrogens is 1. The van der Waals surface area contributed by atoms with Crippen molar-refractivity contribution >= 4 is 11.8 Å². The zero-order valence-corrected chi connectivity index (χ0v) is 10.1. The fraction of sp³-hybridized carbons (Fsp3) is 0.750. The predicted molar refractivity (Wildman–Crippen MR) is 57.8 cm³/mol. The van der Waals surface area contributed by atoms with E-state index in [0.717, 1.165) is 4.57 Å². The van der Waals surface area contributed by atoms with Crippen molar-refractivity contribution in [2.45, 2.75) is 36.0 Å². The summed E-state index contributed by atoms with van der Waals surface area (Å²) in [6.07, 6.45) is -4.25. The van der Waals surface area contributed by atoms with Gasteiger partial charge < -0.3 is 5.73 Å². The van der Waals surface area contributed by atoms with Gasteiger partial charge >= 0.3 is 11.9 Å². The summed E-state index contributed by atoms with van der Waals surface area (Å²) >= 11 is 0.446. The molecule has 0 aliphatic carbocycles. The molecule has 0 radical (unpaired) electrons. The lowest BCUT2D eigenvalue weighted by Gasteiger charge is -2.24. The number of nitrogens with one attached hydrogen (secondary N) is 1. The van der Waals surface area contributed by atoms with E-state index < -0.39 is 23.2 Å². The first kappa shape index (κ1) is 14.1. The lowest BCUT2D eigenvalue weighted by molar-refractivity contribution is -0.132. The third-order valence-electron chi connectivity index (χ3n) is 2.25. The molecule has 0 aliphatic heterocycles. The molecular weight excluding hydrogens is 257 g/mol. The normalized spacial score (nSPS) is 15.9. The summed E-state index contributed by atoms with van der Waals surface area (Å²) in [6.45, 7) is 1.58. The molecule has 0 saturated carbocycles. The largest absolute Gasteiger partial charge is 0.402 e. The fourth-order valence-corrected chi connectivity index (χ4v) is 2.23. The molecule has 3 N–H and O–H groups in total. The molecule has 0 aromatic carbocycles. The molecule has 0 amide bonds. The van der Waals surface area contributed by atoms with Crippen LogP contribution in [0.1, 0.15) is 13.3 Å². The van der Waals surface area contributed by atoms with E-state index in [0.29, 0.717) is 11.8 Å². The first-order chi connectivity index (χ1) is 7.77. The van der Waals surface area contributed by atoms with Crippen molar-refractivity contribution in [1.29, 1.82) is 0 Å². The Hall–Kier alpha value is -0.960. The Bertz CT molecular complexity index is 427. The number of alkyl halides is 3. The Balaban J connectivity index is 2.95. The summed E-state index contributed by atoms with van der Waals surface area (Å²) in [5.74, 6) is 0. The Labute approximate surface area is 99.6 Å². The van der Waals surface area contributed by atoms with Gasteiger partial charge in [-0.1, -0.05) is 18.7 Å². The van der Waals surface area contributed by atoms with Gasteiger partial charge in [0.15, 0.2) is 5.16 Å². The van der Waals surface area contributed by atoms with E-state index >= 15 is 0 Å². The Kier molecular flexibility index (Phi) is 4.26. The topological polar surface area (TPSA) is 76.7 Å². The third-order valence-corrected chi connectivity index (χ3v) is 3.70. The van der Waals surface area contributed by atoms with Gasteiger partial charge in [0.1, 0.15) is 5.25 Å². The molecule has 9 heteroatoms. The van der Waals surface area contributed by atoms with Crippen molar-refractivity contribution in [3.05, 3.63) is 10.5 Å². The van der Waals surface area contributed by atoms with Crippen molar-refractivity contribution < 1.29 is 13.2 Å². The quantitative estimate of drug-likeness (QED) is 0.796. The first-order valence-corrected chi connectivity index (χ1v) is 5.75. The van der Waals surface area contributed by atoms with Crippen LogP contribution in [0.5, 0.6) is 0 Å². The van der Waals surface area contributed by atoms with E-state index in [1.165, 1.54) is 7.05 Å². The van der Waals surface area contributed by atoms with E-state index in [4.69, 9.17) is 5.73 Å². The van der Waals surface area contributed by atoms with E-state index in [1.54, 1.807) is 6.92 Å². The second-order valence-electron chi connectivity index (χ2n) is 3.52. The molecule has 1 heterocycles. The van der Waals surface area contributed by atoms with Crippen LogP contribution in [0.15, 0.2) is 9.95 Å². The van der Waals surface area contributed by atoms with Gasteiger partial charge in [0, 0.05) is 13.1 Å². The van der Waals surface area contributed by atoms with Gasteiger partial charge in [-0.3, -0.25) is 4.57 Å². The van der Waals surface area contributed by atoms with Gasteiger partial charge in [-0.15, -0.1) is 5.10 Å². The maximum atomic E-state index is 12.8. The fourth-order valence-electron chi connectivity index (χ4n) is 1.16. The monoisotopic (exact) mass is 270 g/mol. The SMILES string of the molecule is CCC(N)C(Sc1n[nH]c(=O)n1C)C(F)(F)F. The molecular formula is C8H13F3N4OS. The second kappa shape index (κ2) is 5.13. The van der Waals surface area contributed by atoms with Crippen molar-refractivity contribution in [3.8, 4) is 0 Å². The number of nitrogens with zero attached hydrogens (tertiary/aromatic N) is 2. The van der Waals surface area contributed by atoms with Crippen LogP contribution < -0.4 is 11.4 Å². The molecule has 0 saturated heterocycles. The van der Waals surface area contributed by atoms with Crippen LogP contribution in [0.3, 0.4) is 0 Å². The summed E-state index contributed by atoms with van der Waals surface area (Å²) in [5, 5.41) is 3.79. The minimum absolute atomic E-state index is 0.0266. The highest BCUT2D eigenvalue weighted by Crippen LogP contribution is 2.36. The number of nitrogens with two attached hydrogens (primary N) is 1. The summed E-state index contributed by atoms with van der Waals surface area (Å²) in [6, 6.07) is -1.04. The Morgan fingerprint density at radius 1 is 1.59 bits per heavy atom. The minimum atomic E-state index is -4.44. The van der Waals surface area contributed by atoms with Crippen LogP contribution in [-0.2, 0) is 7.05 Å². The molecule has 0 fully saturated rings. The zero-order chi connectivity index (χ0) is 13.2. The van der Waals surface area contributed by atoms with Crippen molar-refractivity contribution in [1.82, 2.24) is 14.8 Å². The highest BCUT2D eigenvalue weighted by Gasteiger charge is 2.44. The summed E-state index contributed by atoms with van der Waals surface area (Å²) in [5.41, 5.74) is 4.88. The van der Waals surface area contributed by atoms with Crippen molar-refractivity contribution in [2.24, 2.45) is 12.8 Å². The highest BCUT2D eigenvalue weighted by atomic mass is 32.2. The van der Waals surface area contributed by atoms with Crippen LogP contribution in [0.4, 0.5) is 13.2 Å². The number of halogens is 3. The van der Waals surface area contributed by atoms with Gasteiger partial charge in [-0.05, 0) is 6.42 Å². The zero-order valence-electron chi connectivity index (χ0n) is 9.28. The van der Waals surface area contributed by atoms with Crippen LogP contribution in [-0.4, -0.2) is 32.2 Å². The van der Waals surface area contributed by atoms with Gasteiger partial charge in [-0.25, -0.2) is 9.89 Å². The molecule has 1 aromatic heterocycles. The van der Waals surface area contributed by atoms with Crippen LogP contribution in [0, 0.1) is 0 Å². The summed E-state index contributed by atoms with van der Waals surface area (Å²) in [4.78, 5) is 11.0. The van der Waals surface area contributed by atoms with Gasteiger partial charge in [0.25, 0.3) is 0 Å². The molecule has 0 aliphatic rings. The van der Waals surface area contributed by atoms with Crippen LogP contribution >= 0.6 is 11.8 Å². The predicted octanol–water partition coefficient (Wildman–Crippen LogP) is 0.869. The van der Waals surface area contributed by atoms with Gasteiger partial charge in [0.2, 0.25) is 0 Å². The number of rotatable bonds is 4. The van der Waals surface area contributed by atoms with Crippen LogP contribution in [0.25, 0.3) is 0 Å².